The number of nitrogens with zero attached hydrogens (tertiary/aromatic N) is 6. The van der Waals surface area contributed by atoms with E-state index < -0.39 is 0 Å². The van der Waals surface area contributed by atoms with E-state index in [-0.39, 0.29) is 11.3 Å². The molecule has 6 rings (SSSR count). The molecular weight excluding hydrogens is 526 g/mol. The highest BCUT2D eigenvalue weighted by Crippen LogP contribution is 2.45. The van der Waals surface area contributed by atoms with Gasteiger partial charge in [-0.3, -0.25) is 14.9 Å². The van der Waals surface area contributed by atoms with Crippen LogP contribution in [-0.4, -0.2) is 77.7 Å². The molecule has 2 aromatic heterocycles. The zero-order chi connectivity index (χ0) is 29.3. The van der Waals surface area contributed by atoms with Crippen LogP contribution in [0.1, 0.15) is 23.2 Å². The van der Waals surface area contributed by atoms with Gasteiger partial charge in [-0.05, 0) is 62.8 Å². The lowest BCUT2D eigenvalue weighted by Gasteiger charge is -2.47. The fourth-order valence-corrected chi connectivity index (χ4v) is 6.16. The molecule has 0 bridgehead atoms. The number of aromatic nitrogens is 3. The van der Waals surface area contributed by atoms with Crippen molar-refractivity contribution in [3.05, 3.63) is 83.8 Å². The van der Waals surface area contributed by atoms with Crippen molar-refractivity contribution in [2.24, 2.45) is 5.41 Å². The molecule has 1 N–H and O–H groups in total. The molecule has 2 fully saturated rings. The van der Waals surface area contributed by atoms with E-state index in [1.165, 1.54) is 0 Å². The van der Waals surface area contributed by atoms with Crippen LogP contribution in [0.4, 0.5) is 5.69 Å². The summed E-state index contributed by atoms with van der Waals surface area (Å²) in [6, 6.07) is 16.3. The Morgan fingerprint density at radius 1 is 1.21 bits per heavy atom. The number of amides is 1. The van der Waals surface area contributed by atoms with Gasteiger partial charge in [0.05, 0.1) is 28.7 Å². The van der Waals surface area contributed by atoms with Crippen LogP contribution in [0.15, 0.2) is 67.0 Å². The fraction of sp³-hybridized carbons (Fsp3) is 0.333. The van der Waals surface area contributed by atoms with Crippen molar-refractivity contribution < 1.29 is 9.53 Å². The lowest BCUT2D eigenvalue weighted by Crippen LogP contribution is -2.59. The van der Waals surface area contributed by atoms with Gasteiger partial charge in [0.2, 0.25) is 5.91 Å². The van der Waals surface area contributed by atoms with Crippen LogP contribution in [0.3, 0.4) is 0 Å². The minimum absolute atomic E-state index is 0.0310. The van der Waals surface area contributed by atoms with Crippen LogP contribution >= 0.6 is 0 Å². The van der Waals surface area contributed by atoms with Crippen LogP contribution in [0, 0.1) is 23.7 Å². The second kappa shape index (κ2) is 11.3. The average molecular weight is 562 g/mol. The molecule has 0 unspecified atom stereocenters. The normalized spacial score (nSPS) is 16.0. The lowest BCUT2D eigenvalue weighted by atomic mass is 9.79. The number of hydrogen-bond donors (Lipinski definition) is 1. The molecule has 9 heteroatoms. The summed E-state index contributed by atoms with van der Waals surface area (Å²) in [6.45, 7) is 6.17. The highest BCUT2D eigenvalue weighted by atomic mass is 16.5. The molecule has 1 spiro atoms. The van der Waals surface area contributed by atoms with Crippen molar-refractivity contribution in [2.75, 3.05) is 51.7 Å². The minimum atomic E-state index is 0.0310. The standard InChI is InChI=1S/C33H35N7O2/c1-23-9-10-29-28(18-36-37-29)32(23)26-15-25(42-19-24-7-4-5-12-35-24)16-30(27(26)17-34)39-14-11-33(20-39)21-40(22-33)31(41)8-6-13-38(2)3/h4-10,12,15-16,18H,11,13-14,19-22H2,1-3H3,(H,36,37)/b8-6+. The Labute approximate surface area is 246 Å². The van der Waals surface area contributed by atoms with Gasteiger partial charge < -0.3 is 19.4 Å². The van der Waals surface area contributed by atoms with Crippen molar-refractivity contribution in [1.29, 1.82) is 5.26 Å². The Morgan fingerprint density at radius 3 is 2.83 bits per heavy atom. The number of aromatic amines is 1. The maximum atomic E-state index is 12.7. The number of fused-ring (bicyclic) bond motifs is 1. The number of aryl methyl sites for hydroxylation is 1. The van der Waals surface area contributed by atoms with E-state index in [1.807, 2.05) is 72.6 Å². The molecule has 9 nitrogen and oxygen atoms in total. The molecule has 2 saturated heterocycles. The fourth-order valence-electron chi connectivity index (χ4n) is 6.16. The number of rotatable bonds is 8. The molecule has 2 aromatic carbocycles. The van der Waals surface area contributed by atoms with Gasteiger partial charge in [-0.25, -0.2) is 0 Å². The number of nitrogens with one attached hydrogen (secondary N) is 1. The first-order chi connectivity index (χ1) is 20.4. The molecular formula is C33H35N7O2. The molecule has 1 amide bonds. The van der Waals surface area contributed by atoms with E-state index in [2.05, 4.69) is 39.1 Å². The summed E-state index contributed by atoms with van der Waals surface area (Å²) in [5.41, 5.74) is 6.11. The molecule has 2 aliphatic rings. The highest BCUT2D eigenvalue weighted by Gasteiger charge is 2.49. The Kier molecular flexibility index (Phi) is 7.40. The van der Waals surface area contributed by atoms with Gasteiger partial charge in [-0.15, -0.1) is 0 Å². The number of benzene rings is 2. The number of likely N-dealkylation sites (tertiary alicyclic amines) is 1. The molecule has 42 heavy (non-hydrogen) atoms. The maximum Gasteiger partial charge on any atom is 0.246 e. The van der Waals surface area contributed by atoms with Crippen LogP contribution in [0.5, 0.6) is 5.75 Å². The number of anilines is 1. The van der Waals surface area contributed by atoms with Gasteiger partial charge in [0.25, 0.3) is 0 Å². The van der Waals surface area contributed by atoms with E-state index in [4.69, 9.17) is 4.74 Å². The monoisotopic (exact) mass is 561 g/mol. The summed E-state index contributed by atoms with van der Waals surface area (Å²) in [4.78, 5) is 23.3. The van der Waals surface area contributed by atoms with Crippen LogP contribution in [0.25, 0.3) is 22.0 Å². The number of ether oxygens (including phenoxy) is 1. The Balaban J connectivity index is 1.32. The first-order valence-corrected chi connectivity index (χ1v) is 14.2. The first-order valence-electron chi connectivity index (χ1n) is 14.2. The number of hydrogen-bond acceptors (Lipinski definition) is 7. The number of carbonyl (C=O) groups excluding carboxylic acids is 1. The van der Waals surface area contributed by atoms with E-state index in [1.54, 1.807) is 12.3 Å². The topological polar surface area (TPSA) is 101 Å². The SMILES string of the molecule is Cc1ccc2[nH]ncc2c1-c1cc(OCc2ccccn2)cc(N2CCC3(CN(C(=O)/C=C/CN(C)C)C3)C2)c1C#N. The third-order valence-electron chi connectivity index (χ3n) is 8.29. The first kappa shape index (κ1) is 27.5. The molecule has 2 aliphatic heterocycles. The molecule has 0 radical (unpaired) electrons. The molecule has 0 saturated carbocycles. The number of nitriles is 1. The number of carbonyl (C=O) groups is 1. The van der Waals surface area contributed by atoms with E-state index >= 15 is 0 Å². The van der Waals surface area contributed by atoms with Gasteiger partial charge >= 0.3 is 0 Å². The average Bonchev–Trinajstić information content (AvgIpc) is 3.63. The molecule has 214 valence electrons. The van der Waals surface area contributed by atoms with E-state index in [0.717, 1.165) is 78.1 Å². The predicted octanol–water partition coefficient (Wildman–Crippen LogP) is 4.54. The largest absolute Gasteiger partial charge is 0.487 e. The Morgan fingerprint density at radius 2 is 2.07 bits per heavy atom. The van der Waals surface area contributed by atoms with Crippen molar-refractivity contribution >= 4 is 22.5 Å². The van der Waals surface area contributed by atoms with E-state index in [9.17, 15) is 10.1 Å². The van der Waals surface area contributed by atoms with Gasteiger partial charge in [0.15, 0.2) is 0 Å². The third-order valence-corrected chi connectivity index (χ3v) is 8.29. The number of H-pyrrole nitrogens is 1. The van der Waals surface area contributed by atoms with Crippen LogP contribution < -0.4 is 9.64 Å². The summed E-state index contributed by atoms with van der Waals surface area (Å²) in [7, 11) is 3.97. The number of likely N-dealkylation sites (N-methyl/N-ethyl adjacent to an activating group) is 1. The Hall–Kier alpha value is -4.68. The van der Waals surface area contributed by atoms with Gasteiger partial charge in [-0.2, -0.15) is 10.4 Å². The van der Waals surface area contributed by atoms with Crippen LogP contribution in [0.2, 0.25) is 0 Å². The summed E-state index contributed by atoms with van der Waals surface area (Å²) in [5.74, 6) is 0.747. The summed E-state index contributed by atoms with van der Waals surface area (Å²) in [6.07, 6.45) is 8.13. The van der Waals surface area contributed by atoms with Crippen molar-refractivity contribution in [3.8, 4) is 22.9 Å². The zero-order valence-corrected chi connectivity index (χ0v) is 24.3. The second-order valence-corrected chi connectivity index (χ2v) is 11.7. The van der Waals surface area contributed by atoms with Gasteiger partial charge in [0.1, 0.15) is 18.4 Å². The third kappa shape index (κ3) is 5.33. The predicted molar refractivity (Wildman–Crippen MR) is 163 cm³/mol. The molecule has 4 heterocycles. The minimum Gasteiger partial charge on any atom is -0.487 e. The zero-order valence-electron chi connectivity index (χ0n) is 24.3. The molecule has 0 aliphatic carbocycles. The summed E-state index contributed by atoms with van der Waals surface area (Å²) < 4.78 is 6.30. The Bertz CT molecular complexity index is 1680. The summed E-state index contributed by atoms with van der Waals surface area (Å²) in [5, 5.41) is 18.9. The maximum absolute atomic E-state index is 12.7. The smallest absolute Gasteiger partial charge is 0.246 e. The summed E-state index contributed by atoms with van der Waals surface area (Å²) >= 11 is 0. The number of pyridine rings is 1. The van der Waals surface area contributed by atoms with Crippen LogP contribution in [-0.2, 0) is 11.4 Å². The molecule has 0 atom stereocenters. The van der Waals surface area contributed by atoms with E-state index in [0.29, 0.717) is 17.9 Å². The molecule has 4 aromatic rings. The lowest BCUT2D eigenvalue weighted by molar-refractivity contribution is -0.136. The van der Waals surface area contributed by atoms with Crippen molar-refractivity contribution in [1.82, 2.24) is 25.0 Å². The second-order valence-electron chi connectivity index (χ2n) is 11.7. The van der Waals surface area contributed by atoms with Crippen molar-refractivity contribution in [2.45, 2.75) is 20.0 Å². The van der Waals surface area contributed by atoms with Gasteiger partial charge in [0, 0.05) is 67.4 Å². The van der Waals surface area contributed by atoms with Crippen molar-refractivity contribution in [3.63, 3.8) is 0 Å². The highest BCUT2D eigenvalue weighted by molar-refractivity contribution is 5.99. The quantitative estimate of drug-likeness (QED) is 0.315. The van der Waals surface area contributed by atoms with Gasteiger partial charge in [-0.1, -0.05) is 18.2 Å².